The van der Waals surface area contributed by atoms with Gasteiger partial charge < -0.3 is 14.2 Å². The average Bonchev–Trinajstić information content (AvgIpc) is 2.73. The van der Waals surface area contributed by atoms with Gasteiger partial charge in [0.15, 0.2) is 11.5 Å². The standard InChI is InChI=1S/C23H30N2O4/c1-16-10-11-25(21(12-16)24-18-8-6-5-7-9-18)22(26)15-17-13-19(27-2)23(29-4)20(14-17)28-3/h10-14,18H,5-9,15H2,1-4H3. The number of nitrogens with zero attached hydrogens (tertiary/aromatic N) is 2. The number of aromatic nitrogens is 1. The smallest absolute Gasteiger partial charge is 0.236 e. The SMILES string of the molecule is COc1cc(CC(=O)n2ccc(C)cc2=NC2CCCCC2)cc(OC)c1OC. The first kappa shape index (κ1) is 21.0. The van der Waals surface area contributed by atoms with Crippen molar-refractivity contribution >= 4 is 5.91 Å². The van der Waals surface area contributed by atoms with Gasteiger partial charge in [-0.3, -0.25) is 14.4 Å². The molecule has 6 nitrogen and oxygen atoms in total. The van der Waals surface area contributed by atoms with Gasteiger partial charge in [0.1, 0.15) is 5.49 Å². The minimum absolute atomic E-state index is 0.0474. The fourth-order valence-corrected chi connectivity index (χ4v) is 3.79. The molecule has 1 aromatic heterocycles. The molecule has 0 radical (unpaired) electrons. The van der Waals surface area contributed by atoms with Crippen molar-refractivity contribution in [1.82, 2.24) is 4.57 Å². The lowest BCUT2D eigenvalue weighted by molar-refractivity contribution is 0.0908. The Morgan fingerprint density at radius 1 is 1.03 bits per heavy atom. The maximum atomic E-state index is 13.1. The molecule has 1 heterocycles. The molecule has 0 bridgehead atoms. The Morgan fingerprint density at radius 2 is 1.69 bits per heavy atom. The van der Waals surface area contributed by atoms with E-state index in [-0.39, 0.29) is 12.3 Å². The summed E-state index contributed by atoms with van der Waals surface area (Å²) in [5, 5.41) is 0. The highest BCUT2D eigenvalue weighted by Gasteiger charge is 2.17. The monoisotopic (exact) mass is 398 g/mol. The third-order valence-corrected chi connectivity index (χ3v) is 5.33. The van der Waals surface area contributed by atoms with Gasteiger partial charge in [-0.1, -0.05) is 19.3 Å². The Labute approximate surface area is 172 Å². The van der Waals surface area contributed by atoms with Crippen LogP contribution >= 0.6 is 0 Å². The molecule has 29 heavy (non-hydrogen) atoms. The molecule has 0 aliphatic heterocycles. The molecular weight excluding hydrogens is 368 g/mol. The maximum absolute atomic E-state index is 13.1. The van der Waals surface area contributed by atoms with Crippen molar-refractivity contribution in [2.75, 3.05) is 21.3 Å². The molecule has 1 aromatic carbocycles. The van der Waals surface area contributed by atoms with Gasteiger partial charge in [-0.05, 0) is 55.2 Å². The first-order chi connectivity index (χ1) is 14.0. The number of hydrogen-bond donors (Lipinski definition) is 0. The zero-order valence-corrected chi connectivity index (χ0v) is 17.7. The summed E-state index contributed by atoms with van der Waals surface area (Å²) < 4.78 is 17.8. The van der Waals surface area contributed by atoms with Crippen LogP contribution in [0.15, 0.2) is 35.5 Å². The zero-order valence-electron chi connectivity index (χ0n) is 17.7. The van der Waals surface area contributed by atoms with Crippen molar-refractivity contribution in [2.24, 2.45) is 4.99 Å². The number of carbonyl (C=O) groups excluding carboxylic acids is 1. The Balaban J connectivity index is 1.92. The lowest BCUT2D eigenvalue weighted by Gasteiger charge is -2.18. The number of pyridine rings is 1. The molecule has 1 aliphatic rings. The van der Waals surface area contributed by atoms with Gasteiger partial charge in [-0.25, -0.2) is 0 Å². The van der Waals surface area contributed by atoms with Crippen LogP contribution in [-0.4, -0.2) is 37.8 Å². The molecule has 2 aromatic rings. The lowest BCUT2D eigenvalue weighted by Crippen LogP contribution is -2.30. The highest BCUT2D eigenvalue weighted by Crippen LogP contribution is 2.38. The predicted octanol–water partition coefficient (Wildman–Crippen LogP) is 3.94. The van der Waals surface area contributed by atoms with Crippen molar-refractivity contribution in [3.8, 4) is 17.2 Å². The van der Waals surface area contributed by atoms with Crippen LogP contribution in [0.1, 0.15) is 48.0 Å². The van der Waals surface area contributed by atoms with Crippen molar-refractivity contribution in [2.45, 2.75) is 51.5 Å². The third kappa shape index (κ3) is 5.00. The molecule has 0 saturated heterocycles. The van der Waals surface area contributed by atoms with E-state index in [9.17, 15) is 4.79 Å². The van der Waals surface area contributed by atoms with Gasteiger partial charge in [0.05, 0.1) is 33.8 Å². The van der Waals surface area contributed by atoms with Crippen LogP contribution in [0.5, 0.6) is 17.2 Å². The third-order valence-electron chi connectivity index (χ3n) is 5.33. The number of benzene rings is 1. The van der Waals surface area contributed by atoms with Crippen LogP contribution in [0.2, 0.25) is 0 Å². The van der Waals surface area contributed by atoms with Crippen LogP contribution in [0.4, 0.5) is 0 Å². The fourth-order valence-electron chi connectivity index (χ4n) is 3.79. The van der Waals surface area contributed by atoms with Crippen molar-refractivity contribution in [3.63, 3.8) is 0 Å². The normalized spacial score (nSPS) is 15.2. The Hall–Kier alpha value is -2.76. The van der Waals surface area contributed by atoms with Crippen molar-refractivity contribution in [1.29, 1.82) is 0 Å². The Kier molecular flexibility index (Phi) is 6.96. The van der Waals surface area contributed by atoms with E-state index >= 15 is 0 Å². The summed E-state index contributed by atoms with van der Waals surface area (Å²) in [5.74, 6) is 1.54. The van der Waals surface area contributed by atoms with Gasteiger partial charge in [0.25, 0.3) is 0 Å². The van der Waals surface area contributed by atoms with E-state index in [2.05, 4.69) is 0 Å². The molecule has 0 N–H and O–H groups in total. The maximum Gasteiger partial charge on any atom is 0.236 e. The highest BCUT2D eigenvalue weighted by molar-refractivity contribution is 5.81. The molecule has 0 unspecified atom stereocenters. The number of hydrogen-bond acceptors (Lipinski definition) is 5. The van der Waals surface area contributed by atoms with Crippen molar-refractivity contribution in [3.05, 3.63) is 47.1 Å². The molecule has 0 atom stereocenters. The lowest BCUT2D eigenvalue weighted by atomic mass is 9.96. The molecular formula is C23H30N2O4. The number of carbonyl (C=O) groups is 1. The van der Waals surface area contributed by atoms with Crippen LogP contribution in [0.3, 0.4) is 0 Å². The van der Waals surface area contributed by atoms with Gasteiger partial charge in [0.2, 0.25) is 11.7 Å². The topological polar surface area (TPSA) is 62.1 Å². The zero-order chi connectivity index (χ0) is 20.8. The van der Waals surface area contributed by atoms with Gasteiger partial charge in [0, 0.05) is 6.20 Å². The number of ether oxygens (including phenoxy) is 3. The summed E-state index contributed by atoms with van der Waals surface area (Å²) in [4.78, 5) is 18.0. The predicted molar refractivity (Wildman–Crippen MR) is 112 cm³/mol. The van der Waals surface area contributed by atoms with E-state index in [1.54, 1.807) is 25.9 Å². The highest BCUT2D eigenvalue weighted by atomic mass is 16.5. The van der Waals surface area contributed by atoms with E-state index in [1.165, 1.54) is 19.3 Å². The fraction of sp³-hybridized carbons (Fsp3) is 0.478. The summed E-state index contributed by atoms with van der Waals surface area (Å²) in [6, 6.07) is 7.85. The number of aryl methyl sites for hydroxylation is 1. The van der Waals surface area contributed by atoms with Crippen LogP contribution in [0.25, 0.3) is 0 Å². The first-order valence-electron chi connectivity index (χ1n) is 10.1. The van der Waals surface area contributed by atoms with Crippen LogP contribution in [0, 0.1) is 6.92 Å². The Bertz CT molecular complexity index is 902. The largest absolute Gasteiger partial charge is 0.493 e. The van der Waals surface area contributed by atoms with Crippen LogP contribution < -0.4 is 19.7 Å². The van der Waals surface area contributed by atoms with Crippen LogP contribution in [-0.2, 0) is 6.42 Å². The number of rotatable bonds is 6. The molecule has 3 rings (SSSR count). The van der Waals surface area contributed by atoms with E-state index in [0.717, 1.165) is 29.5 Å². The second-order valence-corrected chi connectivity index (χ2v) is 7.46. The molecule has 0 spiro atoms. The second kappa shape index (κ2) is 9.63. The summed E-state index contributed by atoms with van der Waals surface area (Å²) >= 11 is 0. The summed E-state index contributed by atoms with van der Waals surface area (Å²) in [7, 11) is 4.70. The minimum Gasteiger partial charge on any atom is -0.493 e. The van der Waals surface area contributed by atoms with Gasteiger partial charge >= 0.3 is 0 Å². The number of methoxy groups -OCH3 is 3. The van der Waals surface area contributed by atoms with E-state index in [1.807, 2.05) is 37.4 Å². The van der Waals surface area contributed by atoms with Crippen molar-refractivity contribution < 1.29 is 19.0 Å². The summed E-state index contributed by atoms with van der Waals surface area (Å²) in [6.07, 6.45) is 7.90. The van der Waals surface area contributed by atoms with Gasteiger partial charge in [-0.2, -0.15) is 0 Å². The second-order valence-electron chi connectivity index (χ2n) is 7.46. The molecule has 1 fully saturated rings. The summed E-state index contributed by atoms with van der Waals surface area (Å²) in [5.41, 5.74) is 2.62. The first-order valence-corrected chi connectivity index (χ1v) is 10.1. The molecule has 1 aliphatic carbocycles. The van der Waals surface area contributed by atoms with E-state index in [0.29, 0.717) is 23.3 Å². The van der Waals surface area contributed by atoms with E-state index < -0.39 is 0 Å². The minimum atomic E-state index is -0.0474. The molecule has 1 saturated carbocycles. The summed E-state index contributed by atoms with van der Waals surface area (Å²) in [6.45, 7) is 2.02. The molecule has 6 heteroatoms. The molecule has 156 valence electrons. The quantitative estimate of drug-likeness (QED) is 0.739. The Morgan fingerprint density at radius 3 is 2.28 bits per heavy atom. The van der Waals surface area contributed by atoms with E-state index in [4.69, 9.17) is 19.2 Å². The molecule has 0 amide bonds. The average molecular weight is 399 g/mol. The van der Waals surface area contributed by atoms with Gasteiger partial charge in [-0.15, -0.1) is 0 Å².